The van der Waals surface area contributed by atoms with Crippen LogP contribution >= 0.6 is 0 Å². The number of aliphatic hydroxyl groups is 2. The van der Waals surface area contributed by atoms with Crippen molar-refractivity contribution in [2.45, 2.75) is 56.5 Å². The molecule has 0 bridgehead atoms. The highest BCUT2D eigenvalue weighted by Gasteiger charge is 2.40. The Morgan fingerprint density at radius 2 is 1.79 bits per heavy atom. The number of nitrogens with one attached hydrogen (secondary N) is 2. The summed E-state index contributed by atoms with van der Waals surface area (Å²) >= 11 is 0. The lowest BCUT2D eigenvalue weighted by Crippen LogP contribution is -2.60. The smallest absolute Gasteiger partial charge is 0.326 e. The highest BCUT2D eigenvalue weighted by Crippen LogP contribution is 2.19. The van der Waals surface area contributed by atoms with Gasteiger partial charge in [-0.3, -0.25) is 14.4 Å². The van der Waals surface area contributed by atoms with E-state index in [2.05, 4.69) is 10.6 Å². The maximum absolute atomic E-state index is 13.0. The Labute approximate surface area is 190 Å². The first-order valence-corrected chi connectivity index (χ1v) is 10.5. The number of aliphatic carboxylic acids is 1. The van der Waals surface area contributed by atoms with Crippen LogP contribution in [0.2, 0.25) is 0 Å². The third-order valence-corrected chi connectivity index (χ3v) is 5.41. The molecule has 5 atom stereocenters. The van der Waals surface area contributed by atoms with Gasteiger partial charge in [0.1, 0.15) is 29.9 Å². The van der Waals surface area contributed by atoms with Crippen LogP contribution in [0.1, 0.15) is 25.3 Å². The Kier molecular flexibility index (Phi) is 9.14. The van der Waals surface area contributed by atoms with Gasteiger partial charge in [-0.25, -0.2) is 4.79 Å². The van der Waals surface area contributed by atoms with Gasteiger partial charge in [0, 0.05) is 13.0 Å². The molecule has 1 fully saturated rings. The molecule has 1 saturated heterocycles. The number of likely N-dealkylation sites (tertiary alicyclic amines) is 1. The summed E-state index contributed by atoms with van der Waals surface area (Å²) in [5, 5.41) is 42.9. The van der Waals surface area contributed by atoms with Gasteiger partial charge < -0.3 is 41.7 Å². The van der Waals surface area contributed by atoms with Crippen LogP contribution in [0.4, 0.5) is 0 Å². The molecule has 8 N–H and O–H groups in total. The van der Waals surface area contributed by atoms with Gasteiger partial charge in [-0.15, -0.1) is 0 Å². The van der Waals surface area contributed by atoms with E-state index >= 15 is 0 Å². The number of nitrogens with zero attached hydrogens (tertiary/aromatic N) is 1. The van der Waals surface area contributed by atoms with Crippen LogP contribution in [-0.4, -0.2) is 92.4 Å². The van der Waals surface area contributed by atoms with Gasteiger partial charge in [-0.1, -0.05) is 12.1 Å². The van der Waals surface area contributed by atoms with Crippen molar-refractivity contribution >= 4 is 23.7 Å². The zero-order chi connectivity index (χ0) is 24.7. The number of carbonyl (C=O) groups excluding carboxylic acids is 3. The third kappa shape index (κ3) is 6.88. The van der Waals surface area contributed by atoms with E-state index in [0.29, 0.717) is 12.0 Å². The van der Waals surface area contributed by atoms with Gasteiger partial charge in [0.15, 0.2) is 0 Å². The first kappa shape index (κ1) is 26.0. The summed E-state index contributed by atoms with van der Waals surface area (Å²) in [5.41, 5.74) is 6.08. The minimum atomic E-state index is -1.44. The number of rotatable bonds is 10. The Morgan fingerprint density at radius 3 is 2.33 bits per heavy atom. The molecule has 3 amide bonds. The van der Waals surface area contributed by atoms with Gasteiger partial charge in [0.2, 0.25) is 17.7 Å². The number of phenolic OH excluding ortho intramolecular Hbond substituents is 1. The summed E-state index contributed by atoms with van der Waals surface area (Å²) in [6.07, 6.45) is -0.652. The van der Waals surface area contributed by atoms with E-state index in [4.69, 9.17) is 10.8 Å². The van der Waals surface area contributed by atoms with Crippen molar-refractivity contribution in [1.82, 2.24) is 15.5 Å². The molecule has 0 spiro atoms. The SMILES string of the molecule is CC(O)C(NC(=O)C(Cc1ccc(O)cc1)NC(=O)C(N)CO)C(=O)N1CCCC1C(=O)O. The van der Waals surface area contributed by atoms with E-state index in [9.17, 15) is 34.5 Å². The molecule has 0 saturated carbocycles. The predicted molar refractivity (Wildman–Crippen MR) is 115 cm³/mol. The molecule has 12 nitrogen and oxygen atoms in total. The molecule has 1 aliphatic heterocycles. The molecule has 0 radical (unpaired) electrons. The molecule has 0 aromatic heterocycles. The van der Waals surface area contributed by atoms with Crippen LogP contribution in [0, 0.1) is 0 Å². The lowest BCUT2D eigenvalue weighted by molar-refractivity contribution is -0.150. The summed E-state index contributed by atoms with van der Waals surface area (Å²) in [6.45, 7) is 0.803. The summed E-state index contributed by atoms with van der Waals surface area (Å²) in [7, 11) is 0. The molecular weight excluding hydrogens is 436 g/mol. The lowest BCUT2D eigenvalue weighted by atomic mass is 10.0. The second-order valence-corrected chi connectivity index (χ2v) is 7.98. The zero-order valence-electron chi connectivity index (χ0n) is 18.2. The number of carboxylic acid groups (broad SMARTS) is 1. The van der Waals surface area contributed by atoms with Crippen molar-refractivity contribution in [1.29, 1.82) is 0 Å². The van der Waals surface area contributed by atoms with Crippen LogP contribution in [-0.2, 0) is 25.6 Å². The Hall–Kier alpha value is -3.22. The Balaban J connectivity index is 2.22. The van der Waals surface area contributed by atoms with Gasteiger partial charge in [0.25, 0.3) is 0 Å². The quantitative estimate of drug-likeness (QED) is 0.197. The molecule has 1 heterocycles. The zero-order valence-corrected chi connectivity index (χ0v) is 18.2. The van der Waals surface area contributed by atoms with Crippen LogP contribution in [0.5, 0.6) is 5.75 Å². The van der Waals surface area contributed by atoms with Crippen LogP contribution in [0.3, 0.4) is 0 Å². The average Bonchev–Trinajstić information content (AvgIpc) is 3.27. The maximum atomic E-state index is 13.0. The van der Waals surface area contributed by atoms with Crippen LogP contribution in [0.25, 0.3) is 0 Å². The number of aliphatic hydroxyl groups excluding tert-OH is 2. The first-order valence-electron chi connectivity index (χ1n) is 10.5. The topological polar surface area (TPSA) is 203 Å². The Bertz CT molecular complexity index is 860. The molecular formula is C21H30N4O8. The van der Waals surface area contributed by atoms with Crippen molar-refractivity contribution in [3.8, 4) is 5.75 Å². The molecule has 0 aliphatic carbocycles. The number of carboxylic acids is 1. The highest BCUT2D eigenvalue weighted by atomic mass is 16.4. The first-order chi connectivity index (χ1) is 15.5. The Morgan fingerprint density at radius 1 is 1.15 bits per heavy atom. The van der Waals surface area contributed by atoms with E-state index < -0.39 is 60.6 Å². The molecule has 33 heavy (non-hydrogen) atoms. The predicted octanol–water partition coefficient (Wildman–Crippen LogP) is -2.32. The van der Waals surface area contributed by atoms with Crippen LogP contribution in [0.15, 0.2) is 24.3 Å². The number of carbonyl (C=O) groups is 4. The van der Waals surface area contributed by atoms with E-state index in [1.165, 1.54) is 31.2 Å². The van der Waals surface area contributed by atoms with Crippen LogP contribution < -0.4 is 16.4 Å². The van der Waals surface area contributed by atoms with Crippen molar-refractivity contribution < 1.29 is 39.6 Å². The standard InChI is InChI=1S/C21H30N4O8/c1-11(27)17(20(31)25-8-2-3-16(25)21(32)33)24-19(30)15(23-18(29)14(22)10-26)9-12-4-6-13(28)7-5-12/h4-7,11,14-17,26-28H,2-3,8-10,22H2,1H3,(H,23,29)(H,24,30)(H,32,33). The number of benzene rings is 1. The minimum Gasteiger partial charge on any atom is -0.508 e. The van der Waals surface area contributed by atoms with Crippen molar-refractivity contribution in [3.05, 3.63) is 29.8 Å². The number of phenols is 1. The van der Waals surface area contributed by atoms with E-state index in [-0.39, 0.29) is 25.1 Å². The van der Waals surface area contributed by atoms with E-state index in [1.54, 1.807) is 0 Å². The normalized spacial score (nSPS) is 19.3. The number of amides is 3. The number of hydrogen-bond acceptors (Lipinski definition) is 8. The molecule has 2 rings (SSSR count). The molecule has 12 heteroatoms. The largest absolute Gasteiger partial charge is 0.508 e. The van der Waals surface area contributed by atoms with E-state index in [0.717, 1.165) is 4.90 Å². The van der Waals surface area contributed by atoms with Gasteiger partial charge in [-0.05, 0) is 37.5 Å². The monoisotopic (exact) mass is 466 g/mol. The molecule has 5 unspecified atom stereocenters. The maximum Gasteiger partial charge on any atom is 0.326 e. The summed E-state index contributed by atoms with van der Waals surface area (Å²) in [5.74, 6) is -3.53. The van der Waals surface area contributed by atoms with Gasteiger partial charge in [-0.2, -0.15) is 0 Å². The molecule has 1 aromatic carbocycles. The highest BCUT2D eigenvalue weighted by molar-refractivity contribution is 5.94. The van der Waals surface area contributed by atoms with E-state index in [1.807, 2.05) is 0 Å². The molecule has 1 aliphatic rings. The van der Waals surface area contributed by atoms with Gasteiger partial charge in [0.05, 0.1) is 12.7 Å². The fourth-order valence-electron chi connectivity index (χ4n) is 3.55. The van der Waals surface area contributed by atoms with Crippen molar-refractivity contribution in [2.24, 2.45) is 5.73 Å². The summed E-state index contributed by atoms with van der Waals surface area (Å²) in [4.78, 5) is 50.7. The fourth-order valence-corrected chi connectivity index (χ4v) is 3.55. The number of hydrogen-bond donors (Lipinski definition) is 7. The molecule has 182 valence electrons. The second-order valence-electron chi connectivity index (χ2n) is 7.98. The van der Waals surface area contributed by atoms with Crippen molar-refractivity contribution in [3.63, 3.8) is 0 Å². The molecule has 1 aromatic rings. The summed E-state index contributed by atoms with van der Waals surface area (Å²) < 4.78 is 0. The third-order valence-electron chi connectivity index (χ3n) is 5.41. The fraction of sp³-hybridized carbons (Fsp3) is 0.524. The summed E-state index contributed by atoms with van der Waals surface area (Å²) in [6, 6.07) is 0.853. The average molecular weight is 466 g/mol. The minimum absolute atomic E-state index is 0.00412. The van der Waals surface area contributed by atoms with Gasteiger partial charge >= 0.3 is 5.97 Å². The number of nitrogens with two attached hydrogens (primary N) is 1. The lowest BCUT2D eigenvalue weighted by Gasteiger charge is -2.30. The second kappa shape index (κ2) is 11.6. The van der Waals surface area contributed by atoms with Crippen molar-refractivity contribution in [2.75, 3.05) is 13.2 Å². The number of aromatic hydroxyl groups is 1.